The molecule has 1 aliphatic heterocycles. The van der Waals surface area contributed by atoms with Crippen LogP contribution in [0.5, 0.6) is 5.75 Å². The number of Topliss-reactive ketones (excluding diaryl/α,β-unsaturated/α-hetero) is 1. The third-order valence-corrected chi connectivity index (χ3v) is 4.53. The molecule has 6 nitrogen and oxygen atoms in total. The van der Waals surface area contributed by atoms with E-state index in [1.54, 1.807) is 18.2 Å². The molecule has 1 heterocycles. The zero-order chi connectivity index (χ0) is 20.8. The number of ketones is 1. The van der Waals surface area contributed by atoms with E-state index in [2.05, 4.69) is 17.2 Å². The molecule has 1 aliphatic rings. The van der Waals surface area contributed by atoms with Crippen molar-refractivity contribution in [3.63, 3.8) is 0 Å². The molecule has 0 aromatic heterocycles. The van der Waals surface area contributed by atoms with E-state index in [0.717, 1.165) is 11.1 Å². The minimum absolute atomic E-state index is 0.220. The first-order chi connectivity index (χ1) is 14.0. The number of carbonyl (C=O) groups is 2. The lowest BCUT2D eigenvalue weighted by Crippen LogP contribution is -2.46. The quantitative estimate of drug-likeness (QED) is 0.316. The third-order valence-electron chi connectivity index (χ3n) is 4.31. The van der Waals surface area contributed by atoms with Gasteiger partial charge in [-0.25, -0.2) is 4.79 Å². The van der Waals surface area contributed by atoms with E-state index < -0.39 is 17.8 Å². The highest BCUT2D eigenvalue weighted by Gasteiger charge is 2.35. The van der Waals surface area contributed by atoms with Crippen LogP contribution in [0.3, 0.4) is 0 Å². The first kappa shape index (κ1) is 20.3. The van der Waals surface area contributed by atoms with Gasteiger partial charge in [-0.1, -0.05) is 55.1 Å². The normalized spacial score (nSPS) is 15.8. The maximum Gasteiger partial charge on any atom is 0.379 e. The Morgan fingerprint density at radius 2 is 1.93 bits per heavy atom. The number of carbonyl (C=O) groups excluding carboxylic acids is 2. The van der Waals surface area contributed by atoms with E-state index in [-0.39, 0.29) is 5.57 Å². The lowest BCUT2D eigenvalue weighted by Gasteiger charge is -2.31. The zero-order valence-electron chi connectivity index (χ0n) is 15.8. The van der Waals surface area contributed by atoms with Gasteiger partial charge >= 0.3 is 5.97 Å². The second-order valence-corrected chi connectivity index (χ2v) is 6.59. The fourth-order valence-corrected chi connectivity index (χ4v) is 3.25. The molecule has 7 heteroatoms. The molecule has 0 radical (unpaired) electrons. The van der Waals surface area contributed by atoms with Gasteiger partial charge in [0.05, 0.1) is 24.4 Å². The van der Waals surface area contributed by atoms with Gasteiger partial charge in [-0.15, -0.1) is 0 Å². The minimum Gasteiger partial charge on any atom is -0.490 e. The summed E-state index contributed by atoms with van der Waals surface area (Å²) in [5, 5.41) is 6.44. The second kappa shape index (κ2) is 9.16. The molecule has 0 saturated heterocycles. The first-order valence-corrected chi connectivity index (χ1v) is 9.29. The monoisotopic (exact) mass is 408 g/mol. The molecular weight excluding hydrogens is 388 g/mol. The summed E-state index contributed by atoms with van der Waals surface area (Å²) in [6.45, 7) is 3.99. The molecule has 29 heavy (non-hydrogen) atoms. The molecule has 0 spiro atoms. The van der Waals surface area contributed by atoms with Crippen molar-refractivity contribution in [3.8, 4) is 5.75 Å². The van der Waals surface area contributed by atoms with Gasteiger partial charge < -0.3 is 20.1 Å². The molecule has 0 saturated carbocycles. The summed E-state index contributed by atoms with van der Waals surface area (Å²) in [7, 11) is 1.18. The van der Waals surface area contributed by atoms with Crippen LogP contribution in [0, 0.1) is 0 Å². The predicted molar refractivity (Wildman–Crippen MR) is 114 cm³/mol. The number of methoxy groups -OCH3 is 1. The summed E-state index contributed by atoms with van der Waals surface area (Å²) in [5.41, 5.74) is 2.13. The van der Waals surface area contributed by atoms with Crippen molar-refractivity contribution in [2.75, 3.05) is 13.7 Å². The van der Waals surface area contributed by atoms with Gasteiger partial charge in [0.2, 0.25) is 0 Å². The number of rotatable bonds is 7. The Bertz CT molecular complexity index is 985. The summed E-state index contributed by atoms with van der Waals surface area (Å²) in [6, 6.07) is 15.8. The van der Waals surface area contributed by atoms with Crippen molar-refractivity contribution in [2.45, 2.75) is 6.04 Å². The van der Waals surface area contributed by atoms with Crippen molar-refractivity contribution in [1.82, 2.24) is 10.6 Å². The van der Waals surface area contributed by atoms with Crippen LogP contribution in [0.1, 0.15) is 17.2 Å². The second-order valence-electron chi connectivity index (χ2n) is 6.18. The molecule has 0 unspecified atom stereocenters. The fourth-order valence-electron chi connectivity index (χ4n) is 3.03. The lowest BCUT2D eigenvalue weighted by atomic mass is 9.90. The molecule has 3 rings (SSSR count). The summed E-state index contributed by atoms with van der Waals surface area (Å²) in [6.07, 6.45) is 1.64. The van der Waals surface area contributed by atoms with Gasteiger partial charge in [0.15, 0.2) is 5.11 Å². The Hall–Kier alpha value is -3.45. The topological polar surface area (TPSA) is 76.7 Å². The Morgan fingerprint density at radius 3 is 2.62 bits per heavy atom. The van der Waals surface area contributed by atoms with Crippen LogP contribution < -0.4 is 15.4 Å². The van der Waals surface area contributed by atoms with Gasteiger partial charge in [0.1, 0.15) is 12.4 Å². The fraction of sp³-hybridized carbons (Fsp3) is 0.136. The van der Waals surface area contributed by atoms with Gasteiger partial charge in [-0.05, 0) is 35.5 Å². The Morgan fingerprint density at radius 1 is 1.17 bits per heavy atom. The van der Waals surface area contributed by atoms with E-state index in [4.69, 9.17) is 21.7 Å². The number of esters is 1. The summed E-state index contributed by atoms with van der Waals surface area (Å²) >= 11 is 5.37. The van der Waals surface area contributed by atoms with E-state index in [9.17, 15) is 9.59 Å². The van der Waals surface area contributed by atoms with Crippen LogP contribution in [0.25, 0.3) is 5.70 Å². The molecule has 0 aliphatic carbocycles. The van der Waals surface area contributed by atoms with Crippen molar-refractivity contribution in [1.29, 1.82) is 0 Å². The average molecular weight is 408 g/mol. The van der Waals surface area contributed by atoms with Crippen molar-refractivity contribution < 1.29 is 19.1 Å². The van der Waals surface area contributed by atoms with Crippen LogP contribution in [0.2, 0.25) is 0 Å². The largest absolute Gasteiger partial charge is 0.490 e. The molecule has 2 aromatic rings. The summed E-state index contributed by atoms with van der Waals surface area (Å²) in [5.74, 6) is -1.09. The van der Waals surface area contributed by atoms with Crippen molar-refractivity contribution in [2.24, 2.45) is 0 Å². The molecular formula is C22H20N2O4S. The maximum absolute atomic E-state index is 13.0. The summed E-state index contributed by atoms with van der Waals surface area (Å²) < 4.78 is 10.3. The van der Waals surface area contributed by atoms with Gasteiger partial charge in [0.25, 0.3) is 5.78 Å². The van der Waals surface area contributed by atoms with E-state index in [0.29, 0.717) is 23.2 Å². The van der Waals surface area contributed by atoms with Crippen LogP contribution in [0.4, 0.5) is 0 Å². The highest BCUT2D eigenvalue weighted by molar-refractivity contribution is 7.80. The van der Waals surface area contributed by atoms with Crippen molar-refractivity contribution >= 4 is 34.8 Å². The Kier molecular flexibility index (Phi) is 6.41. The van der Waals surface area contributed by atoms with Crippen LogP contribution in [-0.2, 0) is 14.3 Å². The number of thiocarbonyl (C=S) groups is 1. The molecule has 1 atom stereocenters. The summed E-state index contributed by atoms with van der Waals surface area (Å²) in [4.78, 5) is 25.1. The van der Waals surface area contributed by atoms with Crippen LogP contribution in [-0.4, -0.2) is 30.6 Å². The molecule has 0 amide bonds. The molecule has 2 N–H and O–H groups in total. The van der Waals surface area contributed by atoms with Crippen LogP contribution >= 0.6 is 12.2 Å². The zero-order valence-corrected chi connectivity index (χ0v) is 16.6. The smallest absolute Gasteiger partial charge is 0.379 e. The number of benzene rings is 2. The van der Waals surface area contributed by atoms with Crippen molar-refractivity contribution in [3.05, 3.63) is 84.0 Å². The molecule has 2 aromatic carbocycles. The van der Waals surface area contributed by atoms with E-state index in [1.165, 1.54) is 7.11 Å². The number of hydrogen-bond donors (Lipinski definition) is 2. The standard InChI is InChI=1S/C22H20N2O4S/c1-3-12-28-16-11-7-10-15(13-16)19-17(20(25)21(26)27-2)18(23-22(29)24-19)14-8-5-4-6-9-14/h3-11,13,19H,1,12H2,2H3,(H2,23,24,29)/t19-/m1/s1. The van der Waals surface area contributed by atoms with Crippen LogP contribution in [0.15, 0.2) is 72.8 Å². The van der Waals surface area contributed by atoms with Gasteiger partial charge in [-0.3, -0.25) is 4.79 Å². The number of hydrogen-bond acceptors (Lipinski definition) is 5. The number of nitrogens with one attached hydrogen (secondary N) is 2. The van der Waals surface area contributed by atoms with Gasteiger partial charge in [-0.2, -0.15) is 0 Å². The predicted octanol–water partition coefficient (Wildman–Crippen LogP) is 2.92. The SMILES string of the molecule is C=CCOc1cccc([C@H]2NC(=S)NC(c3ccccc3)=C2C(=O)C(=O)OC)c1. The third kappa shape index (κ3) is 4.52. The van der Waals surface area contributed by atoms with Gasteiger partial charge in [0, 0.05) is 0 Å². The van der Waals surface area contributed by atoms with E-state index in [1.807, 2.05) is 42.5 Å². The maximum atomic E-state index is 13.0. The molecule has 148 valence electrons. The minimum atomic E-state index is -0.950. The average Bonchev–Trinajstić information content (AvgIpc) is 2.76. The Labute approximate surface area is 174 Å². The highest BCUT2D eigenvalue weighted by atomic mass is 32.1. The number of ether oxygens (including phenoxy) is 2. The van der Waals surface area contributed by atoms with E-state index >= 15 is 0 Å². The lowest BCUT2D eigenvalue weighted by molar-refractivity contribution is -0.150. The molecule has 0 bridgehead atoms. The Balaban J connectivity index is 2.15. The molecule has 0 fully saturated rings. The first-order valence-electron chi connectivity index (χ1n) is 8.88. The highest BCUT2D eigenvalue weighted by Crippen LogP contribution is 2.33.